The van der Waals surface area contributed by atoms with Crippen LogP contribution in [0.25, 0.3) is 5.57 Å². The number of carbonyl (C=O) groups excluding carboxylic acids is 1. The quantitative estimate of drug-likeness (QED) is 0.460. The van der Waals surface area contributed by atoms with Crippen molar-refractivity contribution >= 4 is 23.4 Å². The van der Waals surface area contributed by atoms with Crippen molar-refractivity contribution in [1.82, 2.24) is 15.6 Å². The Bertz CT molecular complexity index is 1130. The van der Waals surface area contributed by atoms with Crippen LogP contribution in [0.2, 0.25) is 0 Å². The second-order valence-corrected chi connectivity index (χ2v) is 8.88. The summed E-state index contributed by atoms with van der Waals surface area (Å²) in [4.78, 5) is 30.8. The van der Waals surface area contributed by atoms with E-state index < -0.39 is 0 Å². The summed E-state index contributed by atoms with van der Waals surface area (Å²) in [5, 5.41) is 13.8. The van der Waals surface area contributed by atoms with Gasteiger partial charge in [0.2, 0.25) is 0 Å². The summed E-state index contributed by atoms with van der Waals surface area (Å²) in [7, 11) is 3.88. The summed E-state index contributed by atoms with van der Waals surface area (Å²) < 4.78 is 0. The van der Waals surface area contributed by atoms with Gasteiger partial charge in [0.05, 0.1) is 0 Å². The Morgan fingerprint density at radius 3 is 2.52 bits per heavy atom. The molecule has 1 fully saturated rings. The van der Waals surface area contributed by atoms with E-state index in [0.717, 1.165) is 40.9 Å². The molecule has 7 heteroatoms. The molecule has 0 atom stereocenters. The van der Waals surface area contributed by atoms with Crippen LogP contribution in [0.1, 0.15) is 64.0 Å². The molecule has 1 heterocycles. The van der Waals surface area contributed by atoms with Gasteiger partial charge in [-0.1, -0.05) is 12.8 Å². The maximum atomic E-state index is 13.3. The third kappa shape index (κ3) is 5.35. The van der Waals surface area contributed by atoms with Crippen molar-refractivity contribution in [1.29, 1.82) is 5.41 Å². The Hall–Kier alpha value is -3.35. The Morgan fingerprint density at radius 2 is 1.91 bits per heavy atom. The van der Waals surface area contributed by atoms with Crippen molar-refractivity contribution in [3.8, 4) is 0 Å². The predicted molar refractivity (Wildman–Crippen MR) is 135 cm³/mol. The fraction of sp³-hybridized carbons (Fsp3) is 0.423. The molecule has 0 radical (unpaired) electrons. The number of allylic oxidation sites excluding steroid dienone is 1. The third-order valence-corrected chi connectivity index (χ3v) is 6.59. The number of pyridine rings is 1. The van der Waals surface area contributed by atoms with Crippen molar-refractivity contribution in [2.75, 3.05) is 19.0 Å². The number of hydrogen-bond acceptors (Lipinski definition) is 5. The van der Waals surface area contributed by atoms with Crippen LogP contribution in [-0.4, -0.2) is 37.2 Å². The SMILES string of the molecule is CN/C=C(\C=N)c1cc(C(=O)NCc2c(C)cc(C)[nH]c2=O)c(C)c(N(C)C2CCCC2)c1. The van der Waals surface area contributed by atoms with Crippen molar-refractivity contribution in [2.45, 2.75) is 59.0 Å². The van der Waals surface area contributed by atoms with Crippen LogP contribution in [-0.2, 0) is 6.54 Å². The molecular weight excluding hydrogens is 414 g/mol. The number of aromatic amines is 1. The molecule has 1 aromatic heterocycles. The molecule has 2 aromatic rings. The topological polar surface area (TPSA) is 101 Å². The molecule has 0 unspecified atom stereocenters. The van der Waals surface area contributed by atoms with E-state index in [1.165, 1.54) is 19.1 Å². The van der Waals surface area contributed by atoms with E-state index in [0.29, 0.717) is 22.7 Å². The number of benzene rings is 1. The Kier molecular flexibility index (Phi) is 7.74. The van der Waals surface area contributed by atoms with Crippen LogP contribution in [0.5, 0.6) is 0 Å². The van der Waals surface area contributed by atoms with Gasteiger partial charge in [-0.2, -0.15) is 0 Å². The molecule has 7 nitrogen and oxygen atoms in total. The molecular formula is C26H35N5O2. The number of H-pyrrole nitrogens is 1. The lowest BCUT2D eigenvalue weighted by molar-refractivity contribution is 0.0950. The molecule has 0 aliphatic heterocycles. The number of amides is 1. The summed E-state index contributed by atoms with van der Waals surface area (Å²) >= 11 is 0. The smallest absolute Gasteiger partial charge is 0.253 e. The maximum absolute atomic E-state index is 13.3. The van der Waals surface area contributed by atoms with E-state index in [-0.39, 0.29) is 18.0 Å². The predicted octanol–water partition coefficient (Wildman–Crippen LogP) is 3.82. The average molecular weight is 450 g/mol. The first kappa shape index (κ1) is 24.3. The van der Waals surface area contributed by atoms with Gasteiger partial charge in [0.1, 0.15) is 0 Å². The number of aryl methyl sites for hydroxylation is 2. The van der Waals surface area contributed by atoms with Crippen molar-refractivity contribution in [3.63, 3.8) is 0 Å². The molecule has 0 bridgehead atoms. The fourth-order valence-corrected chi connectivity index (χ4v) is 4.69. The minimum Gasteiger partial charge on any atom is -0.393 e. The lowest BCUT2D eigenvalue weighted by Crippen LogP contribution is -2.31. The Balaban J connectivity index is 1.99. The summed E-state index contributed by atoms with van der Waals surface area (Å²) in [5.41, 5.74) is 5.98. The monoisotopic (exact) mass is 449 g/mol. The lowest BCUT2D eigenvalue weighted by Gasteiger charge is -2.29. The number of nitrogens with zero attached hydrogens (tertiary/aromatic N) is 1. The second-order valence-electron chi connectivity index (χ2n) is 8.88. The number of anilines is 1. The van der Waals surface area contributed by atoms with Crippen LogP contribution in [0.15, 0.2) is 29.2 Å². The molecule has 4 N–H and O–H groups in total. The zero-order chi connectivity index (χ0) is 24.1. The third-order valence-electron chi connectivity index (χ3n) is 6.59. The fourth-order valence-electron chi connectivity index (χ4n) is 4.69. The van der Waals surface area contributed by atoms with Gasteiger partial charge in [0.15, 0.2) is 0 Å². The number of carbonyl (C=O) groups is 1. The molecule has 1 amide bonds. The van der Waals surface area contributed by atoms with Crippen LogP contribution in [0, 0.1) is 26.2 Å². The number of aromatic nitrogens is 1. The minimum absolute atomic E-state index is 0.154. The number of hydrogen-bond donors (Lipinski definition) is 4. The standard InChI is InChI=1S/C26H35N5O2/c1-16-10-17(2)30-26(33)23(16)15-29-25(32)22-11-19(20(13-27)14-28-4)12-24(18(22)3)31(5)21-8-6-7-9-21/h10-14,21,27-28H,6-9,15H2,1-5H3,(H,29,32)(H,30,33)/b20-14+,27-13?. The van der Waals surface area contributed by atoms with E-state index in [1.54, 1.807) is 13.2 Å². The summed E-state index contributed by atoms with van der Waals surface area (Å²) in [6, 6.07) is 6.24. The van der Waals surface area contributed by atoms with E-state index in [9.17, 15) is 9.59 Å². The molecule has 176 valence electrons. The Morgan fingerprint density at radius 1 is 1.21 bits per heavy atom. The largest absolute Gasteiger partial charge is 0.393 e. The van der Waals surface area contributed by atoms with Gasteiger partial charge in [0, 0.05) is 67.2 Å². The molecule has 1 aliphatic carbocycles. The lowest BCUT2D eigenvalue weighted by atomic mass is 9.96. The second kappa shape index (κ2) is 10.5. The zero-order valence-electron chi connectivity index (χ0n) is 20.3. The van der Waals surface area contributed by atoms with Gasteiger partial charge < -0.3 is 25.9 Å². The highest BCUT2D eigenvalue weighted by molar-refractivity contribution is 6.10. The van der Waals surface area contributed by atoms with Crippen molar-refractivity contribution in [3.05, 3.63) is 68.3 Å². The highest BCUT2D eigenvalue weighted by Crippen LogP contribution is 2.33. The molecule has 1 saturated carbocycles. The molecule has 0 saturated heterocycles. The van der Waals surface area contributed by atoms with Crippen LogP contribution >= 0.6 is 0 Å². The minimum atomic E-state index is -0.233. The first-order valence-corrected chi connectivity index (χ1v) is 11.5. The molecule has 3 rings (SSSR count). The molecule has 0 spiro atoms. The van der Waals surface area contributed by atoms with Gasteiger partial charge >= 0.3 is 0 Å². The highest BCUT2D eigenvalue weighted by Gasteiger charge is 2.24. The van der Waals surface area contributed by atoms with Crippen molar-refractivity contribution in [2.24, 2.45) is 0 Å². The van der Waals surface area contributed by atoms with Gasteiger partial charge in [-0.3, -0.25) is 9.59 Å². The first-order valence-electron chi connectivity index (χ1n) is 11.5. The average Bonchev–Trinajstić information content (AvgIpc) is 3.31. The van der Waals surface area contributed by atoms with Gasteiger partial charge in [-0.15, -0.1) is 0 Å². The van der Waals surface area contributed by atoms with Crippen LogP contribution in [0.4, 0.5) is 5.69 Å². The van der Waals surface area contributed by atoms with E-state index in [2.05, 4.69) is 33.6 Å². The molecule has 33 heavy (non-hydrogen) atoms. The van der Waals surface area contributed by atoms with Gasteiger partial charge in [-0.25, -0.2) is 0 Å². The van der Waals surface area contributed by atoms with Crippen LogP contribution in [0.3, 0.4) is 0 Å². The van der Waals surface area contributed by atoms with Crippen LogP contribution < -0.4 is 21.1 Å². The van der Waals surface area contributed by atoms with Crippen molar-refractivity contribution < 1.29 is 4.79 Å². The van der Waals surface area contributed by atoms with Gasteiger partial charge in [0.25, 0.3) is 11.5 Å². The normalized spacial score (nSPS) is 14.3. The number of rotatable bonds is 8. The highest BCUT2D eigenvalue weighted by atomic mass is 16.1. The first-order chi connectivity index (χ1) is 15.8. The maximum Gasteiger partial charge on any atom is 0.253 e. The molecule has 1 aromatic carbocycles. The van der Waals surface area contributed by atoms with E-state index in [4.69, 9.17) is 5.41 Å². The molecule has 1 aliphatic rings. The summed E-state index contributed by atoms with van der Waals surface area (Å²) in [6.07, 6.45) is 7.76. The Labute approximate surface area is 195 Å². The summed E-state index contributed by atoms with van der Waals surface area (Å²) in [5.74, 6) is -0.233. The van der Waals surface area contributed by atoms with Gasteiger partial charge in [-0.05, 0) is 68.5 Å². The van der Waals surface area contributed by atoms with E-state index >= 15 is 0 Å². The van der Waals surface area contributed by atoms with E-state index in [1.807, 2.05) is 32.9 Å². The summed E-state index contributed by atoms with van der Waals surface area (Å²) in [6.45, 7) is 5.84. The zero-order valence-corrected chi connectivity index (χ0v) is 20.3. The number of nitrogens with one attached hydrogen (secondary N) is 4.